The fourth-order valence-electron chi connectivity index (χ4n) is 4.20. The lowest BCUT2D eigenvalue weighted by Gasteiger charge is -2.33. The van der Waals surface area contributed by atoms with Crippen molar-refractivity contribution in [3.63, 3.8) is 0 Å². The second-order valence-electron chi connectivity index (χ2n) is 8.98. The minimum absolute atomic E-state index is 0.0459. The van der Waals surface area contributed by atoms with Crippen LogP contribution < -0.4 is 0 Å². The molecule has 1 heterocycles. The van der Waals surface area contributed by atoms with Gasteiger partial charge in [-0.2, -0.15) is 23.4 Å². The van der Waals surface area contributed by atoms with Crippen molar-refractivity contribution in [3.05, 3.63) is 59.4 Å². The number of esters is 1. The number of carbonyl (C=O) groups excluding carboxylic acids is 2. The predicted octanol–water partition coefficient (Wildman–Crippen LogP) is 4.37. The second-order valence-corrected chi connectivity index (χ2v) is 8.98. The van der Waals surface area contributed by atoms with Crippen molar-refractivity contribution in [2.24, 2.45) is 0 Å². The minimum Gasteiger partial charge on any atom is -0.469 e. The van der Waals surface area contributed by atoms with Crippen LogP contribution in [0.4, 0.5) is 13.2 Å². The summed E-state index contributed by atoms with van der Waals surface area (Å²) in [5.41, 5.74) is -2.42. The van der Waals surface area contributed by atoms with Gasteiger partial charge in [0.05, 0.1) is 19.2 Å². The summed E-state index contributed by atoms with van der Waals surface area (Å²) in [6, 6.07) is 6.49. The highest BCUT2D eigenvalue weighted by Crippen LogP contribution is 2.39. The normalized spacial score (nSPS) is 17.2. The first-order chi connectivity index (χ1) is 16.5. The Labute approximate surface area is 202 Å². The number of hydrogen-bond donors (Lipinski definition) is 1. The first-order valence-corrected chi connectivity index (χ1v) is 11.6. The number of halogens is 3. The zero-order chi connectivity index (χ0) is 25.8. The molecule has 1 fully saturated rings. The average Bonchev–Trinajstić information content (AvgIpc) is 3.68. The number of amides is 1. The molecule has 35 heavy (non-hydrogen) atoms. The van der Waals surface area contributed by atoms with E-state index in [0.29, 0.717) is 31.7 Å². The molecule has 7 nitrogen and oxygen atoms in total. The topological polar surface area (TPSA) is 92.6 Å². The lowest BCUT2D eigenvalue weighted by atomic mass is 9.92. The summed E-state index contributed by atoms with van der Waals surface area (Å²) in [5.74, 6) is -1.23. The van der Waals surface area contributed by atoms with Crippen molar-refractivity contribution in [2.75, 3.05) is 7.11 Å². The summed E-state index contributed by atoms with van der Waals surface area (Å²) in [6.07, 6.45) is 1.47. The number of rotatable bonds is 10. The van der Waals surface area contributed by atoms with Crippen LogP contribution in [0.25, 0.3) is 0 Å². The van der Waals surface area contributed by atoms with Crippen LogP contribution >= 0.6 is 0 Å². The fraction of sp³-hybridized carbons (Fsp3) is 0.520. The molecule has 0 saturated heterocycles. The lowest BCUT2D eigenvalue weighted by Crippen LogP contribution is -2.42. The quantitative estimate of drug-likeness (QED) is 0.495. The van der Waals surface area contributed by atoms with Gasteiger partial charge in [-0.05, 0) is 68.4 Å². The molecule has 1 aliphatic carbocycles. The molecule has 1 aromatic heterocycles. The molecular weight excluding hydrogens is 463 g/mol. The molecule has 1 amide bonds. The van der Waals surface area contributed by atoms with Crippen molar-refractivity contribution in [1.29, 1.82) is 0 Å². The average molecular weight is 494 g/mol. The van der Waals surface area contributed by atoms with E-state index in [0.717, 1.165) is 25.0 Å². The van der Waals surface area contributed by atoms with E-state index in [9.17, 15) is 27.9 Å². The molecule has 190 valence electrons. The van der Waals surface area contributed by atoms with E-state index in [1.165, 1.54) is 31.6 Å². The van der Waals surface area contributed by atoms with Crippen molar-refractivity contribution in [3.8, 4) is 0 Å². The number of aliphatic hydroxyl groups is 1. The third-order valence-electron chi connectivity index (χ3n) is 6.57. The zero-order valence-corrected chi connectivity index (χ0v) is 20.0. The monoisotopic (exact) mass is 493 g/mol. The number of alkyl halides is 3. The maximum atomic E-state index is 13.4. The summed E-state index contributed by atoms with van der Waals surface area (Å²) in [6.45, 7) is 2.64. The van der Waals surface area contributed by atoms with E-state index >= 15 is 0 Å². The van der Waals surface area contributed by atoms with Gasteiger partial charge < -0.3 is 14.7 Å². The molecule has 3 atom stereocenters. The number of hydrogen-bond acceptors (Lipinski definition) is 6. The molecule has 0 bridgehead atoms. The Kier molecular flexibility index (Phi) is 8.15. The number of aromatic nitrogens is 2. The second kappa shape index (κ2) is 10.7. The minimum atomic E-state index is -4.84. The zero-order valence-electron chi connectivity index (χ0n) is 20.0. The van der Waals surface area contributed by atoms with Gasteiger partial charge in [-0.3, -0.25) is 9.59 Å². The van der Waals surface area contributed by atoms with E-state index in [1.54, 1.807) is 11.0 Å². The largest absolute Gasteiger partial charge is 0.469 e. The molecule has 0 radical (unpaired) electrons. The third-order valence-corrected chi connectivity index (χ3v) is 6.57. The van der Waals surface area contributed by atoms with E-state index < -0.39 is 23.7 Å². The lowest BCUT2D eigenvalue weighted by molar-refractivity contribution is -0.258. The van der Waals surface area contributed by atoms with Gasteiger partial charge in [0.15, 0.2) is 5.60 Å². The third kappa shape index (κ3) is 5.98. The van der Waals surface area contributed by atoms with Gasteiger partial charge in [-0.25, -0.2) is 0 Å². The highest BCUT2D eigenvalue weighted by Gasteiger charge is 2.51. The van der Waals surface area contributed by atoms with Crippen LogP contribution in [0.15, 0.2) is 42.7 Å². The van der Waals surface area contributed by atoms with Crippen LogP contribution in [-0.2, 0) is 15.1 Å². The fourth-order valence-corrected chi connectivity index (χ4v) is 4.20. The summed E-state index contributed by atoms with van der Waals surface area (Å²) in [7, 11) is 1.32. The highest BCUT2D eigenvalue weighted by molar-refractivity contribution is 5.95. The van der Waals surface area contributed by atoms with Gasteiger partial charge in [0, 0.05) is 23.8 Å². The predicted molar refractivity (Wildman–Crippen MR) is 121 cm³/mol. The Morgan fingerprint density at radius 1 is 1.14 bits per heavy atom. The van der Waals surface area contributed by atoms with E-state index in [4.69, 9.17) is 4.74 Å². The van der Waals surface area contributed by atoms with Crippen LogP contribution in [0.5, 0.6) is 0 Å². The molecule has 2 aromatic rings. The summed E-state index contributed by atoms with van der Waals surface area (Å²) in [4.78, 5) is 27.6. The molecule has 1 N–H and O–H groups in total. The molecule has 0 spiro atoms. The number of methoxy groups -OCH3 is 1. The summed E-state index contributed by atoms with van der Waals surface area (Å²) >= 11 is 0. The molecular formula is C25H30F3N3O4. The van der Waals surface area contributed by atoms with Gasteiger partial charge in [0.2, 0.25) is 0 Å². The standard InChI is InChI=1S/C25H30F3N3O4/c1-4-19(11-12-21(23(33)35-3)17-13-14-29-30-15-17)31(20-9-10-20)22(32)16-5-7-18(8-6-16)24(2,34)25(26,27)28/h5-8,13-15,19-21,34H,4,9-12H2,1-3H3/t19?,21-,24-/m0/s1. The van der Waals surface area contributed by atoms with E-state index in [2.05, 4.69) is 10.2 Å². The highest BCUT2D eigenvalue weighted by atomic mass is 19.4. The van der Waals surface area contributed by atoms with Gasteiger partial charge in [0.1, 0.15) is 0 Å². The molecule has 3 rings (SSSR count). The van der Waals surface area contributed by atoms with Crippen LogP contribution in [0, 0.1) is 0 Å². The van der Waals surface area contributed by atoms with Crippen LogP contribution in [0.1, 0.15) is 73.4 Å². The van der Waals surface area contributed by atoms with Crippen LogP contribution in [0.3, 0.4) is 0 Å². The van der Waals surface area contributed by atoms with Crippen molar-refractivity contribution in [1.82, 2.24) is 15.1 Å². The van der Waals surface area contributed by atoms with Gasteiger partial charge in [-0.15, -0.1) is 0 Å². The van der Waals surface area contributed by atoms with Crippen LogP contribution in [-0.4, -0.2) is 57.5 Å². The molecule has 1 unspecified atom stereocenters. The number of benzene rings is 1. The first kappa shape index (κ1) is 26.6. The molecule has 1 aromatic carbocycles. The molecule has 1 aliphatic rings. The summed E-state index contributed by atoms with van der Waals surface area (Å²) < 4.78 is 44.4. The Balaban J connectivity index is 1.78. The molecule has 0 aliphatic heterocycles. The van der Waals surface area contributed by atoms with Crippen molar-refractivity contribution in [2.45, 2.75) is 75.7 Å². The van der Waals surface area contributed by atoms with E-state index in [-0.39, 0.29) is 29.1 Å². The first-order valence-electron chi connectivity index (χ1n) is 11.6. The van der Waals surface area contributed by atoms with Gasteiger partial charge in [0.25, 0.3) is 5.91 Å². The van der Waals surface area contributed by atoms with Gasteiger partial charge in [-0.1, -0.05) is 19.1 Å². The Morgan fingerprint density at radius 2 is 1.80 bits per heavy atom. The maximum absolute atomic E-state index is 13.4. The van der Waals surface area contributed by atoms with Crippen molar-refractivity contribution >= 4 is 11.9 Å². The summed E-state index contributed by atoms with van der Waals surface area (Å²) in [5, 5.41) is 17.5. The Bertz CT molecular complexity index is 1010. The van der Waals surface area contributed by atoms with E-state index in [1.807, 2.05) is 6.92 Å². The Hall–Kier alpha value is -3.01. The van der Waals surface area contributed by atoms with Gasteiger partial charge >= 0.3 is 12.1 Å². The Morgan fingerprint density at radius 3 is 2.29 bits per heavy atom. The number of ether oxygens (including phenoxy) is 1. The molecule has 10 heteroatoms. The van der Waals surface area contributed by atoms with Crippen molar-refractivity contribution < 1.29 is 32.6 Å². The maximum Gasteiger partial charge on any atom is 0.421 e. The van der Waals surface area contributed by atoms with Crippen LogP contribution in [0.2, 0.25) is 0 Å². The smallest absolute Gasteiger partial charge is 0.421 e. The molecule has 1 saturated carbocycles. The number of nitrogens with zero attached hydrogens (tertiary/aromatic N) is 3. The number of carbonyl (C=O) groups is 2. The SMILES string of the molecule is CCC(CC[C@H](C(=O)OC)c1ccnnc1)N(C(=O)c1ccc([C@](C)(O)C(F)(F)F)cc1)C1CC1.